The highest BCUT2D eigenvalue weighted by Gasteiger charge is 2.26. The molecule has 1 amide bonds. The lowest BCUT2D eigenvalue weighted by molar-refractivity contribution is 0.0526. The maximum Gasteiger partial charge on any atom is 0.407 e. The average molecular weight is 323 g/mol. The summed E-state index contributed by atoms with van der Waals surface area (Å²) >= 11 is 0. The molecule has 0 radical (unpaired) electrons. The van der Waals surface area contributed by atoms with Gasteiger partial charge in [0.2, 0.25) is 0 Å². The predicted molar refractivity (Wildman–Crippen MR) is 89.1 cm³/mol. The Balaban J connectivity index is 1.90. The van der Waals surface area contributed by atoms with E-state index in [1.165, 1.54) is 6.07 Å². The van der Waals surface area contributed by atoms with Gasteiger partial charge in [-0.05, 0) is 51.3 Å². The normalized spacial score (nSPS) is 15.3. The van der Waals surface area contributed by atoms with Gasteiger partial charge in [-0.2, -0.15) is 0 Å². The topological polar surface area (TPSA) is 67.6 Å². The Morgan fingerprint density at radius 3 is 2.87 bits per heavy atom. The van der Waals surface area contributed by atoms with E-state index in [9.17, 15) is 9.18 Å². The fraction of sp³-hybridized carbons (Fsp3) is 0.588. The van der Waals surface area contributed by atoms with Crippen molar-refractivity contribution in [3.8, 4) is 0 Å². The Morgan fingerprint density at radius 1 is 1.48 bits per heavy atom. The van der Waals surface area contributed by atoms with Crippen molar-refractivity contribution in [2.45, 2.75) is 45.3 Å². The first-order chi connectivity index (χ1) is 10.8. The van der Waals surface area contributed by atoms with E-state index < -0.39 is 11.7 Å². The monoisotopic (exact) mass is 323 g/mol. The van der Waals surface area contributed by atoms with Crippen LogP contribution in [0.4, 0.5) is 14.9 Å². The van der Waals surface area contributed by atoms with Crippen LogP contribution in [0, 0.1) is 5.82 Å². The lowest BCUT2D eigenvalue weighted by atomic mass is 10.1. The second kappa shape index (κ2) is 7.17. The molecule has 1 unspecified atom stereocenters. The van der Waals surface area contributed by atoms with Crippen LogP contribution < -0.4 is 16.0 Å². The number of carbonyl (C=O) groups excluding carboxylic acids is 1. The zero-order chi connectivity index (χ0) is 17.0. The van der Waals surface area contributed by atoms with E-state index in [1.54, 1.807) is 6.07 Å². The summed E-state index contributed by atoms with van der Waals surface area (Å²) in [6.07, 6.45) is 1.15. The Morgan fingerprint density at radius 2 is 2.22 bits per heavy atom. The van der Waals surface area contributed by atoms with Crippen molar-refractivity contribution in [3.63, 3.8) is 0 Å². The number of nitrogens with zero attached hydrogens (tertiary/aromatic N) is 1. The van der Waals surface area contributed by atoms with E-state index in [4.69, 9.17) is 10.5 Å². The molecular weight excluding hydrogens is 297 g/mol. The summed E-state index contributed by atoms with van der Waals surface area (Å²) < 4.78 is 18.7. The molecule has 0 fully saturated rings. The number of rotatable bonds is 5. The van der Waals surface area contributed by atoms with Crippen LogP contribution in [0.25, 0.3) is 0 Å². The summed E-state index contributed by atoms with van der Waals surface area (Å²) in [7, 11) is 0. The number of carbonyl (C=O) groups is 1. The molecule has 1 atom stereocenters. The summed E-state index contributed by atoms with van der Waals surface area (Å²) in [5.41, 5.74) is 7.43. The first kappa shape index (κ1) is 17.5. The van der Waals surface area contributed by atoms with Gasteiger partial charge in [0, 0.05) is 31.4 Å². The van der Waals surface area contributed by atoms with Crippen LogP contribution in [0.15, 0.2) is 18.2 Å². The van der Waals surface area contributed by atoms with Crippen molar-refractivity contribution in [3.05, 3.63) is 29.6 Å². The fourth-order valence-electron chi connectivity index (χ4n) is 2.81. The Labute approximate surface area is 137 Å². The molecule has 2 rings (SSSR count). The smallest absolute Gasteiger partial charge is 0.407 e. The number of alkyl carbamates (subject to hydrolysis) is 1. The van der Waals surface area contributed by atoms with Crippen molar-refractivity contribution < 1.29 is 13.9 Å². The van der Waals surface area contributed by atoms with Gasteiger partial charge in [0.1, 0.15) is 11.4 Å². The third kappa shape index (κ3) is 4.82. The van der Waals surface area contributed by atoms with Gasteiger partial charge in [0.15, 0.2) is 0 Å². The summed E-state index contributed by atoms with van der Waals surface area (Å²) in [4.78, 5) is 13.8. The van der Waals surface area contributed by atoms with Gasteiger partial charge in [-0.15, -0.1) is 0 Å². The van der Waals surface area contributed by atoms with Crippen LogP contribution in [-0.2, 0) is 11.2 Å². The molecule has 6 heteroatoms. The van der Waals surface area contributed by atoms with Crippen molar-refractivity contribution >= 4 is 11.8 Å². The molecule has 0 aliphatic carbocycles. The lowest BCUT2D eigenvalue weighted by Crippen LogP contribution is -2.42. The molecule has 5 nitrogen and oxygen atoms in total. The molecule has 0 aromatic heterocycles. The number of hydrogen-bond donors (Lipinski definition) is 2. The van der Waals surface area contributed by atoms with Gasteiger partial charge in [-0.3, -0.25) is 0 Å². The van der Waals surface area contributed by atoms with Crippen LogP contribution in [0.3, 0.4) is 0 Å². The first-order valence-electron chi connectivity index (χ1n) is 8.02. The minimum absolute atomic E-state index is 0.0630. The average Bonchev–Trinajstić information content (AvgIpc) is 2.84. The molecule has 23 heavy (non-hydrogen) atoms. The summed E-state index contributed by atoms with van der Waals surface area (Å²) in [5, 5.41) is 2.75. The van der Waals surface area contributed by atoms with Crippen LogP contribution in [-0.4, -0.2) is 37.4 Å². The largest absolute Gasteiger partial charge is 0.444 e. The van der Waals surface area contributed by atoms with E-state index in [2.05, 4.69) is 10.2 Å². The molecule has 1 aromatic rings. The lowest BCUT2D eigenvalue weighted by Gasteiger charge is -2.29. The highest BCUT2D eigenvalue weighted by Crippen LogP contribution is 2.30. The van der Waals surface area contributed by atoms with Crippen molar-refractivity contribution in [2.75, 3.05) is 24.5 Å². The third-order valence-electron chi connectivity index (χ3n) is 3.84. The molecule has 0 spiro atoms. The molecule has 0 saturated heterocycles. The maximum absolute atomic E-state index is 13.5. The summed E-state index contributed by atoms with van der Waals surface area (Å²) in [6.45, 7) is 7.22. The first-order valence-corrected chi connectivity index (χ1v) is 8.02. The summed E-state index contributed by atoms with van der Waals surface area (Å²) in [5.74, 6) is -0.238. The quantitative estimate of drug-likeness (QED) is 0.873. The standard InChI is InChI=1S/C17H26FN3O2/c1-17(2,3)23-16(22)20-8-6-14(11-19)21-9-7-12-4-5-13(18)10-15(12)21/h4-5,10,14H,6-9,11,19H2,1-3H3,(H,20,22). The highest BCUT2D eigenvalue weighted by molar-refractivity contribution is 5.67. The van der Waals surface area contributed by atoms with E-state index in [0.717, 1.165) is 24.2 Å². The molecule has 1 aliphatic rings. The fourth-order valence-corrected chi connectivity index (χ4v) is 2.81. The summed E-state index contributed by atoms with van der Waals surface area (Å²) in [6, 6.07) is 4.95. The SMILES string of the molecule is CC(C)(C)OC(=O)NCCC(CN)N1CCc2ccc(F)cc21. The Hall–Kier alpha value is -1.82. The Bertz CT molecular complexity index is 557. The van der Waals surface area contributed by atoms with E-state index in [1.807, 2.05) is 26.8 Å². The second-order valence-corrected chi connectivity index (χ2v) is 6.82. The van der Waals surface area contributed by atoms with Gasteiger partial charge >= 0.3 is 6.09 Å². The number of fused-ring (bicyclic) bond motifs is 1. The molecular formula is C17H26FN3O2. The number of nitrogens with one attached hydrogen (secondary N) is 1. The van der Waals surface area contributed by atoms with Gasteiger partial charge in [0.25, 0.3) is 0 Å². The van der Waals surface area contributed by atoms with Gasteiger partial charge in [-0.1, -0.05) is 6.07 Å². The molecule has 1 aromatic carbocycles. The molecule has 3 N–H and O–H groups in total. The molecule has 0 saturated carbocycles. The van der Waals surface area contributed by atoms with Gasteiger partial charge < -0.3 is 20.7 Å². The van der Waals surface area contributed by atoms with Crippen molar-refractivity contribution in [1.29, 1.82) is 0 Å². The molecule has 1 heterocycles. The highest BCUT2D eigenvalue weighted by atomic mass is 19.1. The zero-order valence-corrected chi connectivity index (χ0v) is 14.1. The van der Waals surface area contributed by atoms with Crippen LogP contribution >= 0.6 is 0 Å². The van der Waals surface area contributed by atoms with Crippen LogP contribution in [0.2, 0.25) is 0 Å². The molecule has 128 valence electrons. The van der Waals surface area contributed by atoms with Crippen molar-refractivity contribution in [2.24, 2.45) is 5.73 Å². The number of nitrogens with two attached hydrogens (primary N) is 1. The number of hydrogen-bond acceptors (Lipinski definition) is 4. The number of ether oxygens (including phenoxy) is 1. The number of amides is 1. The minimum atomic E-state index is -0.511. The van der Waals surface area contributed by atoms with Crippen LogP contribution in [0.5, 0.6) is 0 Å². The minimum Gasteiger partial charge on any atom is -0.444 e. The molecule has 1 aliphatic heterocycles. The van der Waals surface area contributed by atoms with Crippen molar-refractivity contribution in [1.82, 2.24) is 5.32 Å². The maximum atomic E-state index is 13.5. The predicted octanol–water partition coefficient (Wildman–Crippen LogP) is 2.43. The van der Waals surface area contributed by atoms with Gasteiger partial charge in [-0.25, -0.2) is 9.18 Å². The zero-order valence-electron chi connectivity index (χ0n) is 14.1. The second-order valence-electron chi connectivity index (χ2n) is 6.82. The Kier molecular flexibility index (Phi) is 5.46. The van der Waals surface area contributed by atoms with E-state index >= 15 is 0 Å². The third-order valence-corrected chi connectivity index (χ3v) is 3.84. The number of anilines is 1. The molecule has 0 bridgehead atoms. The number of benzene rings is 1. The van der Waals surface area contributed by atoms with Gasteiger partial charge in [0.05, 0.1) is 0 Å². The van der Waals surface area contributed by atoms with Crippen LogP contribution in [0.1, 0.15) is 32.8 Å². The van der Waals surface area contributed by atoms with E-state index in [-0.39, 0.29) is 11.9 Å². The van der Waals surface area contributed by atoms with E-state index in [0.29, 0.717) is 19.5 Å². The number of halogens is 1.